The molecule has 0 amide bonds. The van der Waals surface area contributed by atoms with Crippen LogP contribution in [-0.2, 0) is 11.3 Å². The fourth-order valence-corrected chi connectivity index (χ4v) is 3.92. The van der Waals surface area contributed by atoms with E-state index in [0.717, 1.165) is 26.7 Å². The fourth-order valence-electron chi connectivity index (χ4n) is 3.00. The topological polar surface area (TPSA) is 68.6 Å². The van der Waals surface area contributed by atoms with E-state index in [0.29, 0.717) is 11.3 Å². The molecule has 0 fully saturated rings. The maximum Gasteiger partial charge on any atom is 0.272 e. The Morgan fingerprint density at radius 2 is 1.93 bits per heavy atom. The molecule has 7 heteroatoms. The average Bonchev–Trinajstić information content (AvgIpc) is 3.14. The van der Waals surface area contributed by atoms with Crippen LogP contribution in [0.5, 0.6) is 5.75 Å². The predicted molar refractivity (Wildman–Crippen MR) is 109 cm³/mol. The SMILES string of the molecule is COCc1cc(=O)n2[nH]cc(-c3ccc(Sc4ccccc4)c(OC)c3)c2n1. The zero-order chi connectivity index (χ0) is 19.5. The monoisotopic (exact) mass is 393 g/mol. The summed E-state index contributed by atoms with van der Waals surface area (Å²) >= 11 is 1.64. The van der Waals surface area contributed by atoms with Crippen molar-refractivity contribution < 1.29 is 9.47 Å². The first-order chi connectivity index (χ1) is 13.7. The van der Waals surface area contributed by atoms with Gasteiger partial charge in [-0.2, -0.15) is 0 Å². The molecule has 0 saturated heterocycles. The van der Waals surface area contributed by atoms with Gasteiger partial charge >= 0.3 is 0 Å². The number of aromatic nitrogens is 3. The van der Waals surface area contributed by atoms with Crippen molar-refractivity contribution in [3.05, 3.63) is 76.8 Å². The van der Waals surface area contributed by atoms with Crippen molar-refractivity contribution in [2.24, 2.45) is 0 Å². The minimum Gasteiger partial charge on any atom is -0.496 e. The second-order valence-corrected chi connectivity index (χ2v) is 7.26. The lowest BCUT2D eigenvalue weighted by Gasteiger charge is -2.10. The fraction of sp³-hybridized carbons (Fsp3) is 0.143. The molecule has 2 heterocycles. The number of ether oxygens (including phenoxy) is 2. The summed E-state index contributed by atoms with van der Waals surface area (Å²) < 4.78 is 12.2. The van der Waals surface area contributed by atoms with Crippen molar-refractivity contribution in [1.29, 1.82) is 0 Å². The summed E-state index contributed by atoms with van der Waals surface area (Å²) in [6.07, 6.45) is 1.78. The van der Waals surface area contributed by atoms with Gasteiger partial charge in [0.2, 0.25) is 0 Å². The van der Waals surface area contributed by atoms with Gasteiger partial charge in [-0.1, -0.05) is 36.0 Å². The van der Waals surface area contributed by atoms with E-state index in [-0.39, 0.29) is 12.2 Å². The smallest absolute Gasteiger partial charge is 0.272 e. The summed E-state index contributed by atoms with van der Waals surface area (Å²) in [5.41, 5.74) is 2.72. The maximum absolute atomic E-state index is 12.3. The molecule has 4 aromatic rings. The lowest BCUT2D eigenvalue weighted by atomic mass is 10.1. The molecule has 0 radical (unpaired) electrons. The van der Waals surface area contributed by atoms with Crippen molar-refractivity contribution in [3.63, 3.8) is 0 Å². The summed E-state index contributed by atoms with van der Waals surface area (Å²) in [6.45, 7) is 0.284. The first-order valence-electron chi connectivity index (χ1n) is 8.70. The highest BCUT2D eigenvalue weighted by Crippen LogP contribution is 2.38. The Labute approximate surface area is 166 Å². The number of hydrogen-bond donors (Lipinski definition) is 1. The summed E-state index contributed by atoms with van der Waals surface area (Å²) in [6, 6.07) is 17.6. The van der Waals surface area contributed by atoms with E-state index in [4.69, 9.17) is 9.47 Å². The Morgan fingerprint density at radius 1 is 1.11 bits per heavy atom. The van der Waals surface area contributed by atoms with Crippen LogP contribution in [0.25, 0.3) is 16.8 Å². The van der Waals surface area contributed by atoms with Crippen LogP contribution in [0.1, 0.15) is 5.69 Å². The van der Waals surface area contributed by atoms with Crippen molar-refractivity contribution in [2.45, 2.75) is 16.4 Å². The Kier molecular flexibility index (Phi) is 5.18. The van der Waals surface area contributed by atoms with Gasteiger partial charge in [-0.05, 0) is 29.8 Å². The molecule has 0 aliphatic heterocycles. The van der Waals surface area contributed by atoms with Crippen LogP contribution < -0.4 is 10.3 Å². The standard InChI is InChI=1S/C21H19N3O3S/c1-26-13-15-11-20(25)24-21(23-15)17(12-22-24)14-8-9-19(18(10-14)27-2)28-16-6-4-3-5-7-16/h3-12,22H,13H2,1-2H3. The zero-order valence-corrected chi connectivity index (χ0v) is 16.3. The Morgan fingerprint density at radius 3 is 2.68 bits per heavy atom. The van der Waals surface area contributed by atoms with E-state index in [1.807, 2.05) is 36.4 Å². The van der Waals surface area contributed by atoms with Crippen LogP contribution in [-0.4, -0.2) is 28.8 Å². The highest BCUT2D eigenvalue weighted by Gasteiger charge is 2.14. The van der Waals surface area contributed by atoms with Crippen molar-refractivity contribution in [1.82, 2.24) is 14.6 Å². The van der Waals surface area contributed by atoms with Crippen LogP contribution in [0.2, 0.25) is 0 Å². The lowest BCUT2D eigenvalue weighted by Crippen LogP contribution is -2.15. The molecule has 6 nitrogen and oxygen atoms in total. The van der Waals surface area contributed by atoms with Crippen molar-refractivity contribution in [3.8, 4) is 16.9 Å². The largest absolute Gasteiger partial charge is 0.496 e. The van der Waals surface area contributed by atoms with Gasteiger partial charge in [-0.25, -0.2) is 9.50 Å². The van der Waals surface area contributed by atoms with E-state index in [9.17, 15) is 4.79 Å². The number of rotatable bonds is 6. The van der Waals surface area contributed by atoms with Gasteiger partial charge in [0, 0.05) is 29.8 Å². The van der Waals surface area contributed by atoms with Crippen LogP contribution in [0.15, 0.2) is 75.4 Å². The van der Waals surface area contributed by atoms with Gasteiger partial charge in [0.25, 0.3) is 5.56 Å². The van der Waals surface area contributed by atoms with E-state index in [1.165, 1.54) is 10.6 Å². The minimum atomic E-state index is -0.175. The van der Waals surface area contributed by atoms with Gasteiger partial charge in [-0.15, -0.1) is 0 Å². The highest BCUT2D eigenvalue weighted by molar-refractivity contribution is 7.99. The normalized spacial score (nSPS) is 11.1. The Hall–Kier alpha value is -3.03. The zero-order valence-electron chi connectivity index (χ0n) is 15.5. The molecule has 28 heavy (non-hydrogen) atoms. The molecular formula is C21H19N3O3S. The third kappa shape index (κ3) is 3.54. The number of H-pyrrole nitrogens is 1. The summed E-state index contributed by atoms with van der Waals surface area (Å²) in [4.78, 5) is 19.0. The number of aromatic amines is 1. The van der Waals surface area contributed by atoms with Gasteiger partial charge in [0.15, 0.2) is 5.65 Å². The quantitative estimate of drug-likeness (QED) is 0.536. The Bertz CT molecular complexity index is 1170. The number of nitrogens with one attached hydrogen (secondary N) is 1. The molecule has 1 N–H and O–H groups in total. The van der Waals surface area contributed by atoms with Crippen LogP contribution in [0.3, 0.4) is 0 Å². The molecule has 4 rings (SSSR count). The number of hydrogen-bond acceptors (Lipinski definition) is 5. The van der Waals surface area contributed by atoms with Gasteiger partial charge in [0.1, 0.15) is 5.75 Å². The highest BCUT2D eigenvalue weighted by atomic mass is 32.2. The van der Waals surface area contributed by atoms with Gasteiger partial charge in [0.05, 0.1) is 24.3 Å². The maximum atomic E-state index is 12.3. The average molecular weight is 393 g/mol. The van der Waals surface area contributed by atoms with Crippen LogP contribution in [0.4, 0.5) is 0 Å². The second-order valence-electron chi connectivity index (χ2n) is 6.15. The first-order valence-corrected chi connectivity index (χ1v) is 9.51. The summed E-state index contributed by atoms with van der Waals surface area (Å²) in [5, 5.41) is 2.97. The van der Waals surface area contributed by atoms with Gasteiger partial charge < -0.3 is 9.47 Å². The summed E-state index contributed by atoms with van der Waals surface area (Å²) in [7, 11) is 3.23. The molecule has 2 aromatic heterocycles. The molecule has 0 spiro atoms. The number of nitrogens with zero attached hydrogens (tertiary/aromatic N) is 2. The molecule has 0 saturated carbocycles. The summed E-state index contributed by atoms with van der Waals surface area (Å²) in [5.74, 6) is 0.765. The first kappa shape index (κ1) is 18.3. The van der Waals surface area contributed by atoms with Crippen LogP contribution in [0, 0.1) is 0 Å². The number of benzene rings is 2. The van der Waals surface area contributed by atoms with E-state index >= 15 is 0 Å². The second kappa shape index (κ2) is 7.92. The van der Waals surface area contributed by atoms with Gasteiger partial charge in [-0.3, -0.25) is 9.89 Å². The van der Waals surface area contributed by atoms with E-state index in [1.54, 1.807) is 32.2 Å². The molecule has 0 bridgehead atoms. The molecule has 2 aromatic carbocycles. The van der Waals surface area contributed by atoms with Crippen molar-refractivity contribution in [2.75, 3.05) is 14.2 Å². The number of methoxy groups -OCH3 is 2. The minimum absolute atomic E-state index is 0.175. The predicted octanol–water partition coefficient (Wildman–Crippen LogP) is 4.00. The lowest BCUT2D eigenvalue weighted by molar-refractivity contribution is 0.181. The molecule has 0 atom stereocenters. The third-order valence-electron chi connectivity index (χ3n) is 4.29. The van der Waals surface area contributed by atoms with E-state index < -0.39 is 0 Å². The molecule has 0 aliphatic carbocycles. The molecule has 0 unspecified atom stereocenters. The van der Waals surface area contributed by atoms with Crippen molar-refractivity contribution >= 4 is 17.4 Å². The van der Waals surface area contributed by atoms with Crippen LogP contribution >= 0.6 is 11.8 Å². The molecule has 142 valence electrons. The Balaban J connectivity index is 1.76. The number of fused-ring (bicyclic) bond motifs is 1. The molecular weight excluding hydrogens is 374 g/mol. The van der Waals surface area contributed by atoms with E-state index in [2.05, 4.69) is 22.2 Å². The molecule has 0 aliphatic rings. The third-order valence-corrected chi connectivity index (χ3v) is 5.35.